The smallest absolute Gasteiger partial charge is 0.341 e. The quantitative estimate of drug-likeness (QED) is 0.636. The first-order valence-corrected chi connectivity index (χ1v) is 9.19. The van der Waals surface area contributed by atoms with Crippen LogP contribution in [-0.2, 0) is 22.4 Å². The van der Waals surface area contributed by atoms with Crippen LogP contribution in [0, 0.1) is 11.3 Å². The third kappa shape index (κ3) is 2.77. The first kappa shape index (κ1) is 17.1. The number of carbonyl (C=O) groups is 2. The number of carbonyl (C=O) groups excluding carboxylic acids is 2. The van der Waals surface area contributed by atoms with Gasteiger partial charge in [0.05, 0.1) is 18.1 Å². The Bertz CT molecular complexity index is 685. The summed E-state index contributed by atoms with van der Waals surface area (Å²) in [7, 11) is 1.36. The van der Waals surface area contributed by atoms with Crippen LogP contribution in [0.2, 0.25) is 0 Å². The Morgan fingerprint density at radius 3 is 2.61 bits per heavy atom. The Labute approximate surface area is 149 Å². The molecule has 2 atom stereocenters. The number of anilines is 1. The molecule has 0 bridgehead atoms. The van der Waals surface area contributed by atoms with E-state index in [-0.39, 0.29) is 5.91 Å². The van der Waals surface area contributed by atoms with E-state index in [1.54, 1.807) is 6.92 Å². The van der Waals surface area contributed by atoms with Crippen molar-refractivity contribution < 1.29 is 14.3 Å². The maximum Gasteiger partial charge on any atom is 0.341 e. The van der Waals surface area contributed by atoms with Gasteiger partial charge >= 0.3 is 5.97 Å². The maximum absolute atomic E-state index is 12.5. The van der Waals surface area contributed by atoms with Crippen LogP contribution in [0.15, 0.2) is 0 Å². The van der Waals surface area contributed by atoms with Gasteiger partial charge in [-0.05, 0) is 44.1 Å². The van der Waals surface area contributed by atoms with Gasteiger partial charge in [-0.3, -0.25) is 4.79 Å². The summed E-state index contributed by atoms with van der Waals surface area (Å²) in [6.45, 7) is 3.93. The highest BCUT2D eigenvalue weighted by Gasteiger charge is 2.68. The number of thiophene rings is 1. The molecule has 1 heterocycles. The van der Waals surface area contributed by atoms with Gasteiger partial charge in [0.1, 0.15) is 9.33 Å². The molecule has 0 saturated heterocycles. The number of fused-ring (bicyclic) bond motifs is 1. The lowest BCUT2D eigenvalue weighted by Crippen LogP contribution is -2.26. The van der Waals surface area contributed by atoms with Crippen LogP contribution in [0.3, 0.4) is 0 Å². The average molecular weight is 376 g/mol. The van der Waals surface area contributed by atoms with Gasteiger partial charge in [0.2, 0.25) is 5.91 Å². The van der Waals surface area contributed by atoms with Crippen LogP contribution in [0.1, 0.15) is 47.5 Å². The van der Waals surface area contributed by atoms with Crippen molar-refractivity contribution in [3.05, 3.63) is 16.0 Å². The molecule has 2 aliphatic carbocycles. The lowest BCUT2D eigenvalue weighted by atomic mass is 9.88. The highest BCUT2D eigenvalue weighted by Crippen LogP contribution is 2.64. The molecule has 1 amide bonds. The van der Waals surface area contributed by atoms with E-state index in [4.69, 9.17) is 27.9 Å². The second kappa shape index (κ2) is 5.64. The highest BCUT2D eigenvalue weighted by atomic mass is 35.5. The van der Waals surface area contributed by atoms with Crippen LogP contribution >= 0.6 is 34.5 Å². The van der Waals surface area contributed by atoms with E-state index < -0.39 is 15.7 Å². The van der Waals surface area contributed by atoms with Crippen molar-refractivity contribution >= 4 is 51.4 Å². The van der Waals surface area contributed by atoms with Gasteiger partial charge in [0.15, 0.2) is 0 Å². The molecular formula is C16H19Cl2NO3S. The molecule has 3 rings (SSSR count). The maximum atomic E-state index is 12.5. The Morgan fingerprint density at radius 2 is 2.04 bits per heavy atom. The van der Waals surface area contributed by atoms with Crippen molar-refractivity contribution in [2.75, 3.05) is 12.4 Å². The standard InChI is InChI=1S/C16H19Cl2NO3S/c1-8-4-5-9-10(6-8)23-12(11(9)13(20)22-3)19-14(21)15(2)7-16(15,17)18/h8H,4-7H2,1-3H3,(H,19,21)/t8-,15+/m0/s1. The van der Waals surface area contributed by atoms with Crippen molar-refractivity contribution in [2.45, 2.75) is 43.9 Å². The third-order valence-corrected chi connectivity index (χ3v) is 7.16. The largest absolute Gasteiger partial charge is 0.465 e. The van der Waals surface area contributed by atoms with E-state index in [1.807, 2.05) is 0 Å². The Kier molecular flexibility index (Phi) is 4.18. The molecule has 126 valence electrons. The molecule has 0 aliphatic heterocycles. The molecule has 23 heavy (non-hydrogen) atoms. The SMILES string of the molecule is COC(=O)c1c(NC(=O)[C@@]2(C)CC2(Cl)Cl)sc2c1CC[C@H](C)C2. The molecule has 0 unspecified atom stereocenters. The summed E-state index contributed by atoms with van der Waals surface area (Å²) in [5.74, 6) is -0.0786. The number of ether oxygens (including phenoxy) is 1. The van der Waals surface area contributed by atoms with E-state index in [1.165, 1.54) is 18.4 Å². The molecule has 1 aromatic rings. The topological polar surface area (TPSA) is 55.4 Å². The second-order valence-electron chi connectivity index (χ2n) is 6.71. The molecule has 4 nitrogen and oxygen atoms in total. The monoisotopic (exact) mass is 375 g/mol. The minimum absolute atomic E-state index is 0.251. The normalized spacial score (nSPS) is 28.0. The first-order chi connectivity index (χ1) is 10.7. The number of nitrogens with one attached hydrogen (secondary N) is 1. The van der Waals surface area contributed by atoms with Gasteiger partial charge in [0.25, 0.3) is 0 Å². The van der Waals surface area contributed by atoms with Gasteiger partial charge in [-0.25, -0.2) is 4.79 Å². The van der Waals surface area contributed by atoms with Crippen LogP contribution in [0.4, 0.5) is 5.00 Å². The van der Waals surface area contributed by atoms with Gasteiger partial charge in [-0.1, -0.05) is 6.92 Å². The molecule has 1 aromatic heterocycles. The number of amides is 1. The summed E-state index contributed by atoms with van der Waals surface area (Å²) in [6, 6.07) is 0. The molecular weight excluding hydrogens is 357 g/mol. The first-order valence-electron chi connectivity index (χ1n) is 7.61. The number of halogens is 2. The van der Waals surface area contributed by atoms with E-state index in [0.717, 1.165) is 29.7 Å². The Morgan fingerprint density at radius 1 is 1.39 bits per heavy atom. The second-order valence-corrected chi connectivity index (χ2v) is 9.30. The summed E-state index contributed by atoms with van der Waals surface area (Å²) in [5, 5.41) is 3.42. The van der Waals surface area contributed by atoms with E-state index in [2.05, 4.69) is 12.2 Å². The Hall–Kier alpha value is -0.780. The fourth-order valence-corrected chi connectivity index (χ4v) is 5.14. The average Bonchev–Trinajstić information content (AvgIpc) is 2.84. The van der Waals surface area contributed by atoms with E-state index in [0.29, 0.717) is 22.9 Å². The van der Waals surface area contributed by atoms with Crippen LogP contribution in [0.25, 0.3) is 0 Å². The molecule has 1 N–H and O–H groups in total. The summed E-state index contributed by atoms with van der Waals surface area (Å²) in [4.78, 5) is 25.9. The lowest BCUT2D eigenvalue weighted by molar-refractivity contribution is -0.120. The van der Waals surface area contributed by atoms with Gasteiger partial charge in [-0.15, -0.1) is 34.5 Å². The van der Waals surface area contributed by atoms with Gasteiger partial charge in [-0.2, -0.15) is 0 Å². The van der Waals surface area contributed by atoms with E-state index in [9.17, 15) is 9.59 Å². The molecule has 0 spiro atoms. The minimum Gasteiger partial charge on any atom is -0.465 e. The summed E-state index contributed by atoms with van der Waals surface area (Å²) < 4.78 is 3.88. The van der Waals surface area contributed by atoms with Gasteiger partial charge < -0.3 is 10.1 Å². The van der Waals surface area contributed by atoms with Crippen molar-refractivity contribution in [3.8, 4) is 0 Å². The predicted octanol–water partition coefficient (Wildman–Crippen LogP) is 4.18. The summed E-state index contributed by atoms with van der Waals surface area (Å²) in [5.41, 5.74) is 0.687. The zero-order valence-electron chi connectivity index (χ0n) is 13.3. The predicted molar refractivity (Wildman–Crippen MR) is 92.6 cm³/mol. The fourth-order valence-electron chi connectivity index (χ4n) is 3.04. The van der Waals surface area contributed by atoms with Crippen molar-refractivity contribution in [1.29, 1.82) is 0 Å². The van der Waals surface area contributed by atoms with Crippen LogP contribution < -0.4 is 5.32 Å². The fraction of sp³-hybridized carbons (Fsp3) is 0.625. The number of rotatable bonds is 3. The number of alkyl halides is 2. The highest BCUT2D eigenvalue weighted by molar-refractivity contribution is 7.17. The molecule has 7 heteroatoms. The van der Waals surface area contributed by atoms with Crippen molar-refractivity contribution in [2.24, 2.45) is 11.3 Å². The molecule has 0 aromatic carbocycles. The Balaban J connectivity index is 1.93. The van der Waals surface area contributed by atoms with Crippen LogP contribution in [-0.4, -0.2) is 23.3 Å². The number of hydrogen-bond acceptors (Lipinski definition) is 4. The third-order valence-electron chi connectivity index (χ3n) is 4.89. The van der Waals surface area contributed by atoms with Gasteiger partial charge in [0, 0.05) is 4.88 Å². The zero-order chi connectivity index (χ0) is 17.0. The van der Waals surface area contributed by atoms with Crippen molar-refractivity contribution in [1.82, 2.24) is 0 Å². The van der Waals surface area contributed by atoms with E-state index >= 15 is 0 Å². The number of methoxy groups -OCH3 is 1. The lowest BCUT2D eigenvalue weighted by Gasteiger charge is -2.18. The molecule has 2 aliphatic rings. The number of esters is 1. The molecule has 1 saturated carbocycles. The van der Waals surface area contributed by atoms with Crippen LogP contribution in [0.5, 0.6) is 0 Å². The molecule has 0 radical (unpaired) electrons. The minimum atomic E-state index is -1.03. The number of hydrogen-bond donors (Lipinski definition) is 1. The van der Waals surface area contributed by atoms with Crippen molar-refractivity contribution in [3.63, 3.8) is 0 Å². The summed E-state index contributed by atoms with van der Waals surface area (Å²) in [6.07, 6.45) is 3.20. The zero-order valence-corrected chi connectivity index (χ0v) is 15.6. The summed E-state index contributed by atoms with van der Waals surface area (Å²) >= 11 is 13.6. The molecule has 1 fully saturated rings.